The fourth-order valence-electron chi connectivity index (χ4n) is 3.30. The minimum atomic E-state index is -0.310. The smallest absolute Gasteiger partial charge is 0.274 e. The number of aromatic nitrogens is 4. The van der Waals surface area contributed by atoms with E-state index in [4.69, 9.17) is 9.47 Å². The molecule has 1 aliphatic heterocycles. The summed E-state index contributed by atoms with van der Waals surface area (Å²) in [4.78, 5) is 12.6. The van der Waals surface area contributed by atoms with Crippen LogP contribution < -0.4 is 14.8 Å². The molecule has 0 unspecified atom stereocenters. The molecule has 30 heavy (non-hydrogen) atoms. The minimum absolute atomic E-state index is 0.212. The number of ether oxygens (including phenoxy) is 2. The van der Waals surface area contributed by atoms with E-state index in [9.17, 15) is 4.79 Å². The Bertz CT molecular complexity index is 1230. The van der Waals surface area contributed by atoms with Crippen molar-refractivity contribution in [2.24, 2.45) is 0 Å². The number of nitrogens with zero attached hydrogens (tertiary/aromatic N) is 3. The van der Waals surface area contributed by atoms with Crippen LogP contribution in [0.15, 0.2) is 60.8 Å². The molecule has 0 fully saturated rings. The number of H-pyrrole nitrogens is 1. The van der Waals surface area contributed by atoms with Crippen molar-refractivity contribution >= 4 is 11.7 Å². The first-order valence-corrected chi connectivity index (χ1v) is 9.50. The Labute approximate surface area is 172 Å². The van der Waals surface area contributed by atoms with E-state index in [1.54, 1.807) is 16.8 Å². The van der Waals surface area contributed by atoms with Crippen molar-refractivity contribution in [2.75, 3.05) is 12.1 Å². The van der Waals surface area contributed by atoms with Crippen LogP contribution in [0.3, 0.4) is 0 Å². The van der Waals surface area contributed by atoms with Gasteiger partial charge in [0.15, 0.2) is 17.3 Å². The van der Waals surface area contributed by atoms with Crippen LogP contribution in [0.2, 0.25) is 0 Å². The Morgan fingerprint density at radius 1 is 1.13 bits per heavy atom. The SMILES string of the molecule is Cc1ccccc1Cn1ccc(NC(=O)c2cc(-c3ccc4c(c3)OCO4)n[nH]2)n1. The van der Waals surface area contributed by atoms with Gasteiger partial charge in [-0.25, -0.2) is 0 Å². The van der Waals surface area contributed by atoms with Crippen LogP contribution in [0, 0.1) is 6.92 Å². The van der Waals surface area contributed by atoms with Gasteiger partial charge in [-0.05, 0) is 42.3 Å². The molecule has 1 amide bonds. The number of hydrogen-bond donors (Lipinski definition) is 2. The number of fused-ring (bicyclic) bond motifs is 1. The topological polar surface area (TPSA) is 94.1 Å². The van der Waals surface area contributed by atoms with Gasteiger partial charge in [-0.15, -0.1) is 0 Å². The number of benzene rings is 2. The summed E-state index contributed by atoms with van der Waals surface area (Å²) in [5, 5.41) is 14.3. The number of hydrogen-bond acceptors (Lipinski definition) is 5. The van der Waals surface area contributed by atoms with Crippen molar-refractivity contribution in [1.82, 2.24) is 20.0 Å². The number of anilines is 1. The van der Waals surface area contributed by atoms with Crippen molar-refractivity contribution in [1.29, 1.82) is 0 Å². The second kappa shape index (κ2) is 7.40. The highest BCUT2D eigenvalue weighted by Gasteiger charge is 2.17. The van der Waals surface area contributed by atoms with E-state index >= 15 is 0 Å². The van der Waals surface area contributed by atoms with Crippen LogP contribution in [0.25, 0.3) is 11.3 Å². The first-order valence-electron chi connectivity index (χ1n) is 9.50. The van der Waals surface area contributed by atoms with Gasteiger partial charge in [0.25, 0.3) is 5.91 Å². The molecule has 0 saturated heterocycles. The normalized spacial score (nSPS) is 12.2. The number of rotatable bonds is 5. The standard InChI is InChI=1S/C22H19N5O3/c1-14-4-2-3-5-16(14)12-27-9-8-21(26-27)23-22(28)18-11-17(24-25-18)15-6-7-19-20(10-15)30-13-29-19/h2-11H,12-13H2,1H3,(H,24,25)(H,23,26,28). The van der Waals surface area contributed by atoms with E-state index in [1.807, 2.05) is 36.5 Å². The molecule has 8 heteroatoms. The van der Waals surface area contributed by atoms with Crippen molar-refractivity contribution in [2.45, 2.75) is 13.5 Å². The van der Waals surface area contributed by atoms with Gasteiger partial charge in [-0.2, -0.15) is 10.2 Å². The summed E-state index contributed by atoms with van der Waals surface area (Å²) >= 11 is 0. The Kier molecular flexibility index (Phi) is 4.44. The number of carbonyl (C=O) groups is 1. The Morgan fingerprint density at radius 2 is 2.00 bits per heavy atom. The minimum Gasteiger partial charge on any atom is -0.454 e. The zero-order chi connectivity index (χ0) is 20.5. The zero-order valence-electron chi connectivity index (χ0n) is 16.3. The van der Waals surface area contributed by atoms with E-state index in [-0.39, 0.29) is 12.7 Å². The van der Waals surface area contributed by atoms with Crippen molar-refractivity contribution < 1.29 is 14.3 Å². The number of amides is 1. The molecule has 0 atom stereocenters. The van der Waals surface area contributed by atoms with Crippen molar-refractivity contribution in [3.8, 4) is 22.8 Å². The highest BCUT2D eigenvalue weighted by molar-refractivity contribution is 6.02. The van der Waals surface area contributed by atoms with Gasteiger partial charge < -0.3 is 14.8 Å². The van der Waals surface area contributed by atoms with Crippen molar-refractivity contribution in [3.63, 3.8) is 0 Å². The summed E-state index contributed by atoms with van der Waals surface area (Å²) in [6.45, 7) is 2.92. The summed E-state index contributed by atoms with van der Waals surface area (Å²) in [6.07, 6.45) is 1.84. The monoisotopic (exact) mass is 401 g/mol. The quantitative estimate of drug-likeness (QED) is 0.533. The fourth-order valence-corrected chi connectivity index (χ4v) is 3.30. The van der Waals surface area contributed by atoms with E-state index < -0.39 is 0 Å². The fraction of sp³-hybridized carbons (Fsp3) is 0.136. The molecule has 0 radical (unpaired) electrons. The second-order valence-electron chi connectivity index (χ2n) is 7.01. The third-order valence-electron chi connectivity index (χ3n) is 4.97. The summed E-state index contributed by atoms with van der Waals surface area (Å²) < 4.78 is 12.5. The lowest BCUT2D eigenvalue weighted by Gasteiger charge is -2.05. The van der Waals surface area contributed by atoms with Crippen molar-refractivity contribution in [3.05, 3.63) is 77.6 Å². The van der Waals surface area contributed by atoms with Gasteiger partial charge in [0.1, 0.15) is 5.69 Å². The second-order valence-corrected chi connectivity index (χ2v) is 7.01. The summed E-state index contributed by atoms with van der Waals surface area (Å²) in [7, 11) is 0. The Hall–Kier alpha value is -4.07. The van der Waals surface area contributed by atoms with Gasteiger partial charge in [-0.3, -0.25) is 14.6 Å². The molecule has 0 aliphatic carbocycles. The predicted octanol–water partition coefficient (Wildman–Crippen LogP) is 3.61. The molecule has 150 valence electrons. The van der Waals surface area contributed by atoms with Crippen LogP contribution >= 0.6 is 0 Å². The summed E-state index contributed by atoms with van der Waals surface area (Å²) in [5.41, 5.74) is 4.20. The number of aromatic amines is 1. The molecule has 2 N–H and O–H groups in total. The van der Waals surface area contributed by atoms with Crippen LogP contribution in [-0.2, 0) is 6.54 Å². The van der Waals surface area contributed by atoms with Gasteiger partial charge in [0, 0.05) is 17.8 Å². The highest BCUT2D eigenvalue weighted by Crippen LogP contribution is 2.35. The number of carbonyl (C=O) groups excluding carboxylic acids is 1. The third-order valence-corrected chi connectivity index (χ3v) is 4.97. The van der Waals surface area contributed by atoms with E-state index in [0.717, 1.165) is 5.56 Å². The predicted molar refractivity (Wildman–Crippen MR) is 111 cm³/mol. The molecule has 1 aliphatic rings. The van der Waals surface area contributed by atoms with E-state index in [0.29, 0.717) is 35.2 Å². The van der Waals surface area contributed by atoms with Gasteiger partial charge in [-0.1, -0.05) is 24.3 Å². The maximum atomic E-state index is 12.6. The molecule has 8 nitrogen and oxygen atoms in total. The molecular formula is C22H19N5O3. The largest absolute Gasteiger partial charge is 0.454 e. The van der Waals surface area contributed by atoms with Gasteiger partial charge >= 0.3 is 0 Å². The Morgan fingerprint density at radius 3 is 2.90 bits per heavy atom. The lowest BCUT2D eigenvalue weighted by molar-refractivity contribution is 0.102. The van der Waals surface area contributed by atoms with E-state index in [2.05, 4.69) is 39.7 Å². The molecule has 2 aromatic carbocycles. The molecule has 3 heterocycles. The molecule has 4 aromatic rings. The van der Waals surface area contributed by atoms with E-state index in [1.165, 1.54) is 11.1 Å². The van der Waals surface area contributed by atoms with Gasteiger partial charge in [0.2, 0.25) is 6.79 Å². The average molecular weight is 401 g/mol. The van der Waals surface area contributed by atoms with Crippen LogP contribution in [-0.4, -0.2) is 32.7 Å². The third kappa shape index (κ3) is 3.50. The first kappa shape index (κ1) is 18.0. The highest BCUT2D eigenvalue weighted by atomic mass is 16.7. The molecule has 0 spiro atoms. The molecular weight excluding hydrogens is 382 g/mol. The average Bonchev–Trinajstić information content (AvgIpc) is 3.50. The lowest BCUT2D eigenvalue weighted by Crippen LogP contribution is -2.13. The molecule has 5 rings (SSSR count). The van der Waals surface area contributed by atoms with Crippen LogP contribution in [0.4, 0.5) is 5.82 Å². The maximum Gasteiger partial charge on any atom is 0.274 e. The summed E-state index contributed by atoms with van der Waals surface area (Å²) in [6, 6.07) is 17.1. The Balaban J connectivity index is 1.27. The van der Waals surface area contributed by atoms with Crippen LogP contribution in [0.1, 0.15) is 21.6 Å². The zero-order valence-corrected chi connectivity index (χ0v) is 16.3. The molecule has 0 bridgehead atoms. The lowest BCUT2D eigenvalue weighted by atomic mass is 10.1. The molecule has 0 saturated carbocycles. The first-order chi connectivity index (χ1) is 14.7. The van der Waals surface area contributed by atoms with Crippen LogP contribution in [0.5, 0.6) is 11.5 Å². The number of aryl methyl sites for hydroxylation is 1. The van der Waals surface area contributed by atoms with Gasteiger partial charge in [0.05, 0.1) is 12.2 Å². The molecule has 2 aromatic heterocycles. The summed E-state index contributed by atoms with van der Waals surface area (Å²) in [5.74, 6) is 1.54. The maximum absolute atomic E-state index is 12.6. The number of nitrogens with one attached hydrogen (secondary N) is 2.